The molecule has 5 rings (SSSR count). The Kier molecular flexibility index (Phi) is 6.08. The molecule has 0 bridgehead atoms. The lowest BCUT2D eigenvalue weighted by molar-refractivity contribution is 0.266. The molecule has 2 aromatic heterocycles. The lowest BCUT2D eigenvalue weighted by Crippen LogP contribution is -2.32. The van der Waals surface area contributed by atoms with Gasteiger partial charge in [-0.05, 0) is 67.5 Å². The minimum absolute atomic E-state index is 0.0545. The zero-order chi connectivity index (χ0) is 22.9. The van der Waals surface area contributed by atoms with Crippen LogP contribution in [-0.4, -0.2) is 44.7 Å². The Balaban J connectivity index is 1.72. The third-order valence-electron chi connectivity index (χ3n) is 6.23. The van der Waals surface area contributed by atoms with Crippen LogP contribution < -0.4 is 4.90 Å². The summed E-state index contributed by atoms with van der Waals surface area (Å²) in [4.78, 5) is 8.47. The van der Waals surface area contributed by atoms with E-state index in [9.17, 15) is 9.50 Å². The van der Waals surface area contributed by atoms with Crippen molar-refractivity contribution >= 4 is 23.2 Å². The van der Waals surface area contributed by atoms with Crippen molar-refractivity contribution in [3.8, 4) is 22.4 Å². The van der Waals surface area contributed by atoms with E-state index in [1.54, 1.807) is 12.1 Å². The van der Waals surface area contributed by atoms with Gasteiger partial charge in [0.25, 0.3) is 0 Å². The van der Waals surface area contributed by atoms with Crippen molar-refractivity contribution in [2.75, 3.05) is 23.8 Å². The fraction of sp³-hybridized carbons (Fsp3) is 0.308. The van der Waals surface area contributed by atoms with Crippen molar-refractivity contribution in [3.63, 3.8) is 0 Å². The molecule has 0 radical (unpaired) electrons. The third kappa shape index (κ3) is 4.11. The van der Waals surface area contributed by atoms with Crippen LogP contribution in [0.5, 0.6) is 0 Å². The van der Waals surface area contributed by atoms with Crippen molar-refractivity contribution in [3.05, 3.63) is 66.1 Å². The smallest absolute Gasteiger partial charge is 0.166 e. The molecule has 170 valence electrons. The minimum atomic E-state index is -0.272. The molecule has 1 saturated heterocycles. The van der Waals surface area contributed by atoms with E-state index in [1.165, 1.54) is 17.0 Å². The average molecular weight is 463 g/mol. The van der Waals surface area contributed by atoms with Crippen molar-refractivity contribution in [2.24, 2.45) is 0 Å². The van der Waals surface area contributed by atoms with Gasteiger partial charge < -0.3 is 10.0 Å². The average Bonchev–Trinajstić information content (AvgIpc) is 3.43. The Morgan fingerprint density at radius 2 is 1.82 bits per heavy atom. The Hall–Kier alpha value is -2.90. The van der Waals surface area contributed by atoms with Gasteiger partial charge in [0.2, 0.25) is 0 Å². The Morgan fingerprint density at radius 3 is 2.52 bits per heavy atom. The largest absolute Gasteiger partial charge is 0.394 e. The number of rotatable bonds is 6. The van der Waals surface area contributed by atoms with Crippen molar-refractivity contribution in [1.82, 2.24) is 14.6 Å². The number of halogens is 1. The number of fused-ring (bicyclic) bond motifs is 1. The maximum Gasteiger partial charge on any atom is 0.166 e. The van der Waals surface area contributed by atoms with Crippen LogP contribution in [0.4, 0.5) is 10.2 Å². The predicted molar refractivity (Wildman–Crippen MR) is 132 cm³/mol. The fourth-order valence-corrected chi connectivity index (χ4v) is 5.30. The van der Waals surface area contributed by atoms with Crippen LogP contribution in [0, 0.1) is 12.7 Å². The zero-order valence-electron chi connectivity index (χ0n) is 18.8. The van der Waals surface area contributed by atoms with Gasteiger partial charge in [-0.2, -0.15) is 5.10 Å². The van der Waals surface area contributed by atoms with Gasteiger partial charge in [0.1, 0.15) is 11.6 Å². The van der Waals surface area contributed by atoms with Crippen LogP contribution in [0.1, 0.15) is 25.5 Å². The summed E-state index contributed by atoms with van der Waals surface area (Å²) in [6.45, 7) is 5.09. The highest BCUT2D eigenvalue weighted by Crippen LogP contribution is 2.35. The second-order valence-electron chi connectivity index (χ2n) is 8.33. The quantitative estimate of drug-likeness (QED) is 0.379. The molecule has 2 aromatic carbocycles. The second kappa shape index (κ2) is 9.15. The number of hydrogen-bond acceptors (Lipinski definition) is 5. The molecule has 4 aromatic rings. The molecule has 1 unspecified atom stereocenters. The lowest BCUT2D eigenvalue weighted by Gasteiger charge is -2.25. The number of benzene rings is 2. The number of nitrogens with zero attached hydrogens (tertiary/aromatic N) is 4. The van der Waals surface area contributed by atoms with Gasteiger partial charge in [-0.25, -0.2) is 13.9 Å². The summed E-state index contributed by atoms with van der Waals surface area (Å²) in [6.07, 6.45) is 1.96. The fourth-order valence-electron chi connectivity index (χ4n) is 4.63. The van der Waals surface area contributed by atoms with E-state index in [1.807, 2.05) is 29.3 Å². The molecule has 0 saturated carbocycles. The second-order valence-corrected chi connectivity index (χ2v) is 9.67. The molecule has 0 amide bonds. The summed E-state index contributed by atoms with van der Waals surface area (Å²) in [5.41, 5.74) is 5.44. The lowest BCUT2D eigenvalue weighted by atomic mass is 10.1. The molecule has 5 nitrogen and oxygen atoms in total. The Bertz CT molecular complexity index is 1270. The topological polar surface area (TPSA) is 53.7 Å². The molecular weight excluding hydrogens is 435 g/mol. The highest BCUT2D eigenvalue weighted by Gasteiger charge is 2.27. The number of aliphatic hydroxyl groups excluding tert-OH is 1. The molecule has 1 N–H and O–H groups in total. The first-order chi connectivity index (χ1) is 16.1. The molecule has 0 aliphatic carbocycles. The first-order valence-corrected chi connectivity index (χ1v) is 12.3. The number of anilines is 1. The molecule has 1 atom stereocenters. The van der Waals surface area contributed by atoms with Crippen molar-refractivity contribution < 1.29 is 9.50 Å². The number of aliphatic hydroxyl groups is 1. The van der Waals surface area contributed by atoms with Gasteiger partial charge in [0.15, 0.2) is 5.65 Å². The Morgan fingerprint density at radius 1 is 1.09 bits per heavy atom. The minimum Gasteiger partial charge on any atom is -0.394 e. The normalized spacial score (nSPS) is 16.1. The zero-order valence-corrected chi connectivity index (χ0v) is 19.6. The summed E-state index contributed by atoms with van der Waals surface area (Å²) in [6, 6.07) is 17.1. The number of aryl methyl sites for hydroxylation is 1. The van der Waals surface area contributed by atoms with E-state index >= 15 is 0 Å². The molecule has 33 heavy (non-hydrogen) atoms. The molecule has 1 aliphatic rings. The van der Waals surface area contributed by atoms with Crippen molar-refractivity contribution in [1.29, 1.82) is 0 Å². The van der Waals surface area contributed by atoms with E-state index in [4.69, 9.17) is 10.1 Å². The third-order valence-corrected chi connectivity index (χ3v) is 7.12. The monoisotopic (exact) mass is 462 g/mol. The standard InChI is InChI=1S/C26H27FN4OS/c1-3-33-22-12-8-19(9-13-22)25-17(2)29-31-23(18-6-10-20(27)11-7-18)15-24(28-26(25)31)30-14-4-5-21(30)16-32/h6-13,15,21,32H,3-5,14,16H2,1-2H3. The summed E-state index contributed by atoms with van der Waals surface area (Å²) in [7, 11) is 0. The number of hydrogen-bond donors (Lipinski definition) is 1. The molecule has 0 spiro atoms. The predicted octanol–water partition coefficient (Wildman–Crippen LogP) is 5.58. The molecule has 1 aliphatic heterocycles. The van der Waals surface area contributed by atoms with Crippen LogP contribution >= 0.6 is 11.8 Å². The summed E-state index contributed by atoms with van der Waals surface area (Å²) < 4.78 is 15.5. The summed E-state index contributed by atoms with van der Waals surface area (Å²) in [5.74, 6) is 1.58. The van der Waals surface area contributed by atoms with E-state index in [0.29, 0.717) is 0 Å². The molecule has 3 heterocycles. The Labute approximate surface area is 197 Å². The van der Waals surface area contributed by atoms with Gasteiger partial charge in [-0.15, -0.1) is 11.8 Å². The van der Waals surface area contributed by atoms with E-state index in [2.05, 4.69) is 36.1 Å². The highest BCUT2D eigenvalue weighted by molar-refractivity contribution is 7.99. The highest BCUT2D eigenvalue weighted by atomic mass is 32.2. The first-order valence-electron chi connectivity index (χ1n) is 11.4. The van der Waals surface area contributed by atoms with Crippen LogP contribution in [0.25, 0.3) is 28.0 Å². The van der Waals surface area contributed by atoms with Crippen LogP contribution in [-0.2, 0) is 0 Å². The molecule has 7 heteroatoms. The van der Waals surface area contributed by atoms with Crippen LogP contribution in [0.2, 0.25) is 0 Å². The SMILES string of the molecule is CCSc1ccc(-c2c(C)nn3c(-c4ccc(F)cc4)cc(N4CCCC4CO)nc23)cc1. The van der Waals surface area contributed by atoms with Gasteiger partial charge in [0.05, 0.1) is 24.0 Å². The number of thioether (sulfide) groups is 1. The number of aromatic nitrogens is 3. The first kappa shape index (κ1) is 21.9. The van der Waals surface area contributed by atoms with Gasteiger partial charge in [0, 0.05) is 28.6 Å². The summed E-state index contributed by atoms with van der Waals surface area (Å²) >= 11 is 1.81. The molecular formula is C26H27FN4OS. The summed E-state index contributed by atoms with van der Waals surface area (Å²) in [5, 5.41) is 14.7. The maximum atomic E-state index is 13.6. The van der Waals surface area contributed by atoms with Gasteiger partial charge >= 0.3 is 0 Å². The van der Waals surface area contributed by atoms with E-state index in [-0.39, 0.29) is 18.5 Å². The van der Waals surface area contributed by atoms with Gasteiger partial charge in [-0.3, -0.25) is 0 Å². The van der Waals surface area contributed by atoms with E-state index < -0.39 is 0 Å². The van der Waals surface area contributed by atoms with E-state index in [0.717, 1.165) is 64.7 Å². The van der Waals surface area contributed by atoms with Crippen molar-refractivity contribution in [2.45, 2.75) is 37.6 Å². The maximum absolute atomic E-state index is 13.6. The van der Waals surface area contributed by atoms with Gasteiger partial charge in [-0.1, -0.05) is 19.1 Å². The van der Waals surface area contributed by atoms with Crippen LogP contribution in [0.15, 0.2) is 59.5 Å². The molecule has 1 fully saturated rings. The van der Waals surface area contributed by atoms with Crippen LogP contribution in [0.3, 0.4) is 0 Å².